The summed E-state index contributed by atoms with van der Waals surface area (Å²) in [5, 5.41) is 4.13. The van der Waals surface area contributed by atoms with E-state index in [0.717, 1.165) is 11.1 Å². The maximum Gasteiger partial charge on any atom is 0.359 e. The fourth-order valence-corrected chi connectivity index (χ4v) is 2.40. The van der Waals surface area contributed by atoms with E-state index in [-0.39, 0.29) is 11.3 Å². The largest absolute Gasteiger partial charge is 0.465 e. The topological polar surface area (TPSA) is 69.9 Å². The highest BCUT2D eigenvalue weighted by atomic mass is 16.5. The van der Waals surface area contributed by atoms with Gasteiger partial charge in [-0.3, -0.25) is 0 Å². The molecule has 6 nitrogen and oxygen atoms in total. The molecular weight excluding hydrogens is 296 g/mol. The van der Waals surface area contributed by atoms with Crippen LogP contribution in [0.4, 0.5) is 0 Å². The van der Waals surface area contributed by atoms with Crippen LogP contribution in [0, 0.1) is 0 Å². The molecule has 0 aliphatic heterocycles. The molecule has 0 saturated carbocycles. The summed E-state index contributed by atoms with van der Waals surface area (Å²) in [6, 6.07) is 13.4. The molecule has 6 heteroatoms. The first kappa shape index (κ1) is 14.8. The number of esters is 2. The third kappa shape index (κ3) is 2.55. The molecule has 0 radical (unpaired) electrons. The smallest absolute Gasteiger partial charge is 0.359 e. The summed E-state index contributed by atoms with van der Waals surface area (Å²) in [7, 11) is 2.50. The van der Waals surface area contributed by atoms with Gasteiger partial charge in [-0.25, -0.2) is 14.1 Å². The fraction of sp³-hybridized carbons (Fsp3) is 0.118. The van der Waals surface area contributed by atoms with Gasteiger partial charge >= 0.3 is 11.9 Å². The van der Waals surface area contributed by atoms with E-state index in [2.05, 4.69) is 5.10 Å². The van der Waals surface area contributed by atoms with Gasteiger partial charge in [-0.1, -0.05) is 30.3 Å². The minimum atomic E-state index is -0.685. The van der Waals surface area contributed by atoms with Crippen LogP contribution in [0.25, 0.3) is 16.6 Å². The number of carbonyl (C=O) groups excluding carboxylic acids is 2. The zero-order valence-corrected chi connectivity index (χ0v) is 12.6. The number of rotatable bonds is 3. The Morgan fingerprint density at radius 2 is 1.65 bits per heavy atom. The Morgan fingerprint density at radius 1 is 0.957 bits per heavy atom. The molecule has 23 heavy (non-hydrogen) atoms. The van der Waals surface area contributed by atoms with E-state index in [1.807, 2.05) is 36.4 Å². The van der Waals surface area contributed by atoms with E-state index in [1.165, 1.54) is 18.7 Å². The second-order valence-corrected chi connectivity index (χ2v) is 4.82. The van der Waals surface area contributed by atoms with E-state index in [1.54, 1.807) is 12.3 Å². The van der Waals surface area contributed by atoms with E-state index < -0.39 is 11.9 Å². The van der Waals surface area contributed by atoms with Gasteiger partial charge in [-0.2, -0.15) is 5.10 Å². The molecule has 0 atom stereocenters. The lowest BCUT2D eigenvalue weighted by molar-refractivity contribution is 0.0553. The van der Waals surface area contributed by atoms with Crippen molar-refractivity contribution in [3.63, 3.8) is 0 Å². The molecular formula is C17H14N2O4. The highest BCUT2D eigenvalue weighted by Gasteiger charge is 2.26. The van der Waals surface area contributed by atoms with Crippen molar-refractivity contribution in [2.24, 2.45) is 0 Å². The number of hydrogen-bond donors (Lipinski definition) is 0. The van der Waals surface area contributed by atoms with Gasteiger partial charge in [-0.15, -0.1) is 0 Å². The van der Waals surface area contributed by atoms with Gasteiger partial charge in [0.15, 0.2) is 5.69 Å². The van der Waals surface area contributed by atoms with Crippen molar-refractivity contribution in [3.05, 3.63) is 59.9 Å². The Hall–Kier alpha value is -3.15. The van der Waals surface area contributed by atoms with Gasteiger partial charge in [0, 0.05) is 6.20 Å². The lowest BCUT2D eigenvalue weighted by Gasteiger charge is -2.03. The van der Waals surface area contributed by atoms with Gasteiger partial charge in [0.05, 0.1) is 19.7 Å². The molecule has 0 N–H and O–H groups in total. The highest BCUT2D eigenvalue weighted by Crippen LogP contribution is 2.24. The van der Waals surface area contributed by atoms with Gasteiger partial charge < -0.3 is 9.47 Å². The summed E-state index contributed by atoms with van der Waals surface area (Å²) in [5.74, 6) is -1.32. The van der Waals surface area contributed by atoms with Crippen LogP contribution in [0.5, 0.6) is 0 Å². The number of benzene rings is 1. The van der Waals surface area contributed by atoms with Gasteiger partial charge in [0.1, 0.15) is 5.56 Å². The zero-order valence-electron chi connectivity index (χ0n) is 12.6. The predicted octanol–water partition coefficient (Wildman–Crippen LogP) is 2.57. The summed E-state index contributed by atoms with van der Waals surface area (Å²) >= 11 is 0. The number of carbonyl (C=O) groups is 2. The number of aromatic nitrogens is 2. The van der Waals surface area contributed by atoms with Crippen molar-refractivity contribution in [1.82, 2.24) is 9.61 Å². The first-order valence-electron chi connectivity index (χ1n) is 6.90. The Morgan fingerprint density at radius 3 is 2.30 bits per heavy atom. The second kappa shape index (κ2) is 5.92. The maximum atomic E-state index is 12.1. The minimum Gasteiger partial charge on any atom is -0.465 e. The SMILES string of the molecule is COC(=O)c1nn2ccc(-c3ccccc3)cc2c1C(=O)OC. The fourth-order valence-electron chi connectivity index (χ4n) is 2.40. The van der Waals surface area contributed by atoms with Crippen molar-refractivity contribution >= 4 is 17.5 Å². The molecule has 1 aromatic carbocycles. The van der Waals surface area contributed by atoms with Crippen molar-refractivity contribution in [1.29, 1.82) is 0 Å². The summed E-state index contributed by atoms with van der Waals surface area (Å²) in [4.78, 5) is 24.0. The van der Waals surface area contributed by atoms with E-state index in [9.17, 15) is 9.59 Å². The molecule has 0 bridgehead atoms. The summed E-state index contributed by atoms with van der Waals surface area (Å²) in [6.07, 6.45) is 1.69. The number of nitrogens with zero attached hydrogens (tertiary/aromatic N) is 2. The van der Waals surface area contributed by atoms with Crippen LogP contribution in [-0.4, -0.2) is 35.8 Å². The minimum absolute atomic E-state index is 0.0652. The van der Waals surface area contributed by atoms with Gasteiger partial charge in [0.25, 0.3) is 0 Å². The van der Waals surface area contributed by atoms with Crippen LogP contribution in [-0.2, 0) is 9.47 Å². The van der Waals surface area contributed by atoms with Crippen molar-refractivity contribution in [3.8, 4) is 11.1 Å². The highest BCUT2D eigenvalue weighted by molar-refractivity contribution is 6.07. The molecule has 116 valence electrons. The van der Waals surface area contributed by atoms with Crippen molar-refractivity contribution < 1.29 is 19.1 Å². The van der Waals surface area contributed by atoms with Crippen LogP contribution in [0.3, 0.4) is 0 Å². The third-order valence-electron chi connectivity index (χ3n) is 3.51. The van der Waals surface area contributed by atoms with Crippen LogP contribution in [0.15, 0.2) is 48.7 Å². The molecule has 2 heterocycles. The zero-order chi connectivity index (χ0) is 16.4. The number of pyridine rings is 1. The molecule has 0 amide bonds. The Labute approximate surface area is 132 Å². The first-order chi connectivity index (χ1) is 11.2. The standard InChI is InChI=1S/C17H14N2O4/c1-22-16(20)14-13-10-12(11-6-4-3-5-7-11)8-9-19(13)18-15(14)17(21)23-2/h3-10H,1-2H3. The summed E-state index contributed by atoms with van der Waals surface area (Å²) in [5.41, 5.74) is 2.41. The molecule has 0 spiro atoms. The monoisotopic (exact) mass is 310 g/mol. The lowest BCUT2D eigenvalue weighted by atomic mass is 10.1. The molecule has 3 aromatic rings. The molecule has 0 aliphatic rings. The maximum absolute atomic E-state index is 12.1. The van der Waals surface area contributed by atoms with Crippen LogP contribution < -0.4 is 0 Å². The number of fused-ring (bicyclic) bond motifs is 1. The Balaban J connectivity index is 2.25. The predicted molar refractivity (Wildman–Crippen MR) is 83.3 cm³/mol. The number of hydrogen-bond acceptors (Lipinski definition) is 5. The Kier molecular flexibility index (Phi) is 3.80. The van der Waals surface area contributed by atoms with Crippen LogP contribution in [0.1, 0.15) is 20.8 Å². The first-order valence-corrected chi connectivity index (χ1v) is 6.90. The van der Waals surface area contributed by atoms with Crippen LogP contribution in [0.2, 0.25) is 0 Å². The lowest BCUT2D eigenvalue weighted by Crippen LogP contribution is -2.10. The van der Waals surface area contributed by atoms with E-state index in [0.29, 0.717) is 5.52 Å². The van der Waals surface area contributed by atoms with E-state index >= 15 is 0 Å². The van der Waals surface area contributed by atoms with Crippen molar-refractivity contribution in [2.75, 3.05) is 14.2 Å². The average molecular weight is 310 g/mol. The second-order valence-electron chi connectivity index (χ2n) is 4.82. The number of ether oxygens (including phenoxy) is 2. The molecule has 2 aromatic heterocycles. The molecule has 0 unspecified atom stereocenters. The summed E-state index contributed by atoms with van der Waals surface area (Å²) < 4.78 is 10.9. The molecule has 0 fully saturated rings. The average Bonchev–Trinajstić information content (AvgIpc) is 2.99. The Bertz CT molecular complexity index is 884. The molecule has 0 saturated heterocycles. The summed E-state index contributed by atoms with van der Waals surface area (Å²) in [6.45, 7) is 0. The van der Waals surface area contributed by atoms with Crippen molar-refractivity contribution in [2.45, 2.75) is 0 Å². The normalized spacial score (nSPS) is 10.5. The number of methoxy groups -OCH3 is 2. The molecule has 3 rings (SSSR count). The van der Waals surface area contributed by atoms with Gasteiger partial charge in [-0.05, 0) is 23.3 Å². The quantitative estimate of drug-likeness (QED) is 0.695. The third-order valence-corrected chi connectivity index (χ3v) is 3.51. The van der Waals surface area contributed by atoms with Crippen LogP contribution >= 0.6 is 0 Å². The molecule has 0 aliphatic carbocycles. The van der Waals surface area contributed by atoms with Gasteiger partial charge in [0.2, 0.25) is 0 Å². The van der Waals surface area contributed by atoms with E-state index in [4.69, 9.17) is 9.47 Å².